The molecule has 1 saturated heterocycles. The first kappa shape index (κ1) is 23.8. The number of rotatable bonds is 5. The molecule has 1 aromatic heterocycles. The molecule has 0 spiro atoms. The molecule has 178 valence electrons. The molecule has 1 fully saturated rings. The third kappa shape index (κ3) is 5.28. The van der Waals surface area contributed by atoms with Crippen molar-refractivity contribution in [3.8, 4) is 17.5 Å². The Morgan fingerprint density at radius 2 is 1.60 bits per heavy atom. The van der Waals surface area contributed by atoms with E-state index in [4.69, 9.17) is 4.74 Å². The van der Waals surface area contributed by atoms with Crippen molar-refractivity contribution in [2.45, 2.75) is 20.8 Å². The number of ether oxygens (including phenoxy) is 1. The van der Waals surface area contributed by atoms with Gasteiger partial charge in [0.1, 0.15) is 17.4 Å². The Labute approximate surface area is 205 Å². The van der Waals surface area contributed by atoms with Crippen molar-refractivity contribution in [1.82, 2.24) is 9.47 Å². The highest BCUT2D eigenvalue weighted by atomic mass is 16.5. The fraction of sp³-hybridized carbons (Fsp3) is 0.250. The van der Waals surface area contributed by atoms with E-state index in [0.29, 0.717) is 18.8 Å². The number of aryl methyl sites for hydroxylation is 1. The second-order valence-electron chi connectivity index (χ2n) is 8.53. The van der Waals surface area contributed by atoms with Gasteiger partial charge in [-0.3, -0.25) is 9.59 Å². The van der Waals surface area contributed by atoms with Crippen LogP contribution in [0.4, 0.5) is 5.69 Å². The molecule has 0 radical (unpaired) electrons. The molecule has 7 heteroatoms. The zero-order valence-corrected chi connectivity index (χ0v) is 20.2. The normalized spacial score (nSPS) is 13.9. The minimum absolute atomic E-state index is 0.128. The van der Waals surface area contributed by atoms with Crippen molar-refractivity contribution in [1.29, 1.82) is 5.26 Å². The number of amides is 1. The van der Waals surface area contributed by atoms with Crippen molar-refractivity contribution in [2.75, 3.05) is 31.1 Å². The molecule has 0 unspecified atom stereocenters. The zero-order valence-electron chi connectivity index (χ0n) is 20.2. The Hall–Kier alpha value is -4.31. The second kappa shape index (κ2) is 10.3. The number of piperazine rings is 1. The molecule has 0 N–H and O–H groups in total. The second-order valence-corrected chi connectivity index (χ2v) is 8.53. The Morgan fingerprint density at radius 1 is 0.943 bits per heavy atom. The van der Waals surface area contributed by atoms with Gasteiger partial charge in [0.15, 0.2) is 0 Å². The van der Waals surface area contributed by atoms with E-state index in [1.165, 1.54) is 6.92 Å². The fourth-order valence-electron chi connectivity index (χ4n) is 4.43. The van der Waals surface area contributed by atoms with Crippen LogP contribution in [-0.2, 0) is 9.59 Å². The van der Waals surface area contributed by atoms with E-state index in [9.17, 15) is 14.9 Å². The van der Waals surface area contributed by atoms with Gasteiger partial charge >= 0.3 is 5.97 Å². The lowest BCUT2D eigenvalue weighted by Gasteiger charge is -2.36. The Kier molecular flexibility index (Phi) is 7.02. The highest BCUT2D eigenvalue weighted by Crippen LogP contribution is 2.25. The van der Waals surface area contributed by atoms with Crippen LogP contribution in [0.15, 0.2) is 66.2 Å². The van der Waals surface area contributed by atoms with E-state index in [1.807, 2.05) is 54.8 Å². The van der Waals surface area contributed by atoms with Crippen molar-refractivity contribution in [3.05, 3.63) is 83.2 Å². The molecule has 1 aliphatic heterocycles. The molecule has 35 heavy (non-hydrogen) atoms. The first-order valence-corrected chi connectivity index (χ1v) is 11.6. The summed E-state index contributed by atoms with van der Waals surface area (Å²) in [7, 11) is 0. The highest BCUT2D eigenvalue weighted by molar-refractivity contribution is 6.02. The topological polar surface area (TPSA) is 78.6 Å². The number of carbonyl (C=O) groups excluding carboxylic acids is 2. The van der Waals surface area contributed by atoms with Gasteiger partial charge in [-0.2, -0.15) is 5.26 Å². The van der Waals surface area contributed by atoms with E-state index in [-0.39, 0.29) is 17.4 Å². The number of hydrogen-bond donors (Lipinski definition) is 0. The van der Waals surface area contributed by atoms with Gasteiger partial charge in [0.2, 0.25) is 0 Å². The lowest BCUT2D eigenvalue weighted by Crippen LogP contribution is -2.49. The molecule has 1 amide bonds. The van der Waals surface area contributed by atoms with E-state index < -0.39 is 0 Å². The molecule has 2 aromatic carbocycles. The predicted molar refractivity (Wildman–Crippen MR) is 135 cm³/mol. The van der Waals surface area contributed by atoms with E-state index in [2.05, 4.69) is 23.1 Å². The summed E-state index contributed by atoms with van der Waals surface area (Å²) >= 11 is 0. The summed E-state index contributed by atoms with van der Waals surface area (Å²) in [4.78, 5) is 28.3. The van der Waals surface area contributed by atoms with Crippen molar-refractivity contribution in [2.24, 2.45) is 0 Å². The third-order valence-electron chi connectivity index (χ3n) is 6.17. The molecule has 0 saturated carbocycles. The summed E-state index contributed by atoms with van der Waals surface area (Å²) in [6.07, 6.45) is 1.68. The number of aromatic nitrogens is 1. The lowest BCUT2D eigenvalue weighted by molar-refractivity contribution is -0.132. The van der Waals surface area contributed by atoms with Gasteiger partial charge < -0.3 is 19.1 Å². The van der Waals surface area contributed by atoms with Gasteiger partial charge in [-0.05, 0) is 68.0 Å². The van der Waals surface area contributed by atoms with Crippen LogP contribution < -0.4 is 9.64 Å². The standard InChI is InChI=1S/C28H28N4O3/c1-20-17-23(21(2)32(20)26-9-11-27(12-10-26)35-22(3)33)18-24(19-29)28(34)31-15-13-30(14-16-31)25-7-5-4-6-8-25/h4-12,17-18H,13-16H2,1-3H3/b24-18-. The Morgan fingerprint density at radius 3 is 2.20 bits per heavy atom. The number of carbonyl (C=O) groups is 2. The monoisotopic (exact) mass is 468 g/mol. The summed E-state index contributed by atoms with van der Waals surface area (Å²) in [5, 5.41) is 9.78. The minimum Gasteiger partial charge on any atom is -0.427 e. The average molecular weight is 469 g/mol. The van der Waals surface area contributed by atoms with Gasteiger partial charge in [-0.25, -0.2) is 0 Å². The first-order valence-electron chi connectivity index (χ1n) is 11.6. The molecule has 0 aliphatic carbocycles. The quantitative estimate of drug-likeness (QED) is 0.242. The number of esters is 1. The number of benzene rings is 2. The van der Waals surface area contributed by atoms with Crippen LogP contribution in [-0.4, -0.2) is 47.5 Å². The maximum Gasteiger partial charge on any atom is 0.308 e. The van der Waals surface area contributed by atoms with Crippen LogP contribution >= 0.6 is 0 Å². The van der Waals surface area contributed by atoms with Crippen LogP contribution in [0, 0.1) is 25.2 Å². The highest BCUT2D eigenvalue weighted by Gasteiger charge is 2.24. The molecule has 1 aliphatic rings. The number of nitriles is 1. The van der Waals surface area contributed by atoms with Gasteiger partial charge in [0.05, 0.1) is 0 Å². The Bertz CT molecular complexity index is 1290. The average Bonchev–Trinajstić information content (AvgIpc) is 3.15. The predicted octanol–water partition coefficient (Wildman–Crippen LogP) is 4.28. The van der Waals surface area contributed by atoms with Gasteiger partial charge in [-0.15, -0.1) is 0 Å². The molecule has 0 bridgehead atoms. The summed E-state index contributed by atoms with van der Waals surface area (Å²) in [5.74, 6) is -0.127. The van der Waals surface area contributed by atoms with E-state index in [0.717, 1.165) is 41.4 Å². The van der Waals surface area contributed by atoms with Crippen molar-refractivity contribution >= 4 is 23.6 Å². The number of nitrogens with zero attached hydrogens (tertiary/aromatic N) is 4. The third-order valence-corrected chi connectivity index (χ3v) is 6.17. The van der Waals surface area contributed by atoms with Crippen LogP contribution in [0.2, 0.25) is 0 Å². The smallest absolute Gasteiger partial charge is 0.308 e. The molecule has 0 atom stereocenters. The van der Waals surface area contributed by atoms with Crippen LogP contribution in [0.1, 0.15) is 23.9 Å². The Balaban J connectivity index is 1.51. The largest absolute Gasteiger partial charge is 0.427 e. The van der Waals surface area contributed by atoms with Gasteiger partial charge in [0, 0.05) is 55.9 Å². The fourth-order valence-corrected chi connectivity index (χ4v) is 4.43. The lowest BCUT2D eigenvalue weighted by atomic mass is 10.1. The molecular weight excluding hydrogens is 440 g/mol. The van der Waals surface area contributed by atoms with E-state index in [1.54, 1.807) is 23.1 Å². The molecule has 3 aromatic rings. The zero-order chi connectivity index (χ0) is 24.9. The number of hydrogen-bond acceptors (Lipinski definition) is 5. The molecule has 7 nitrogen and oxygen atoms in total. The maximum atomic E-state index is 13.1. The maximum absolute atomic E-state index is 13.1. The van der Waals surface area contributed by atoms with Crippen molar-refractivity contribution < 1.29 is 14.3 Å². The number of para-hydroxylation sites is 1. The molecule has 4 rings (SSSR count). The number of anilines is 1. The van der Waals surface area contributed by atoms with Gasteiger partial charge in [-0.1, -0.05) is 18.2 Å². The summed E-state index contributed by atoms with van der Waals surface area (Å²) in [6, 6.07) is 21.4. The first-order chi connectivity index (χ1) is 16.9. The summed E-state index contributed by atoms with van der Waals surface area (Å²) in [5.41, 5.74) is 4.87. The van der Waals surface area contributed by atoms with Crippen molar-refractivity contribution in [3.63, 3.8) is 0 Å². The SMILES string of the molecule is CC(=O)Oc1ccc(-n2c(C)cc(/C=C(/C#N)C(=O)N3CCN(c4ccccc4)CC3)c2C)cc1. The van der Waals surface area contributed by atoms with Gasteiger partial charge in [0.25, 0.3) is 5.91 Å². The van der Waals surface area contributed by atoms with Crippen LogP contribution in [0.5, 0.6) is 5.75 Å². The summed E-state index contributed by atoms with van der Waals surface area (Å²) < 4.78 is 7.16. The molecular formula is C28H28N4O3. The minimum atomic E-state index is -0.367. The summed E-state index contributed by atoms with van der Waals surface area (Å²) in [6.45, 7) is 7.89. The van der Waals surface area contributed by atoms with E-state index >= 15 is 0 Å². The van der Waals surface area contributed by atoms with Crippen LogP contribution in [0.25, 0.3) is 11.8 Å². The molecule has 2 heterocycles. The van der Waals surface area contributed by atoms with Crippen LogP contribution in [0.3, 0.4) is 0 Å².